The van der Waals surface area contributed by atoms with Gasteiger partial charge in [0, 0.05) is 26.2 Å². The first-order chi connectivity index (χ1) is 15.8. The van der Waals surface area contributed by atoms with Crippen LogP contribution in [0, 0.1) is 11.6 Å². The Bertz CT molecular complexity index is 1120. The number of imide groups is 1. The fourth-order valence-electron chi connectivity index (χ4n) is 4.03. The van der Waals surface area contributed by atoms with Gasteiger partial charge in [-0.15, -0.1) is 0 Å². The molecule has 11 heteroatoms. The van der Waals surface area contributed by atoms with Gasteiger partial charge < -0.3 is 5.32 Å². The van der Waals surface area contributed by atoms with Crippen molar-refractivity contribution in [3.05, 3.63) is 65.7 Å². The van der Waals surface area contributed by atoms with Crippen molar-refractivity contribution in [1.29, 1.82) is 0 Å². The number of aryl methyl sites for hydroxylation is 1. The Kier molecular flexibility index (Phi) is 6.73. The molecule has 2 aromatic carbocycles. The summed E-state index contributed by atoms with van der Waals surface area (Å²) in [5.41, 5.74) is 1.07. The number of sulfonamides is 1. The molecule has 1 atom stereocenters. The molecule has 1 N–H and O–H groups in total. The van der Waals surface area contributed by atoms with E-state index in [1.54, 1.807) is 4.90 Å². The largest absolute Gasteiger partial charge is 0.326 e. The summed E-state index contributed by atoms with van der Waals surface area (Å²) in [5.74, 6) is -2.60. The summed E-state index contributed by atoms with van der Waals surface area (Å²) in [6.45, 7) is 0.408. The molecule has 0 aliphatic carbocycles. The van der Waals surface area contributed by atoms with Crippen molar-refractivity contribution in [3.63, 3.8) is 0 Å². The highest BCUT2D eigenvalue weighted by Gasteiger charge is 2.39. The lowest BCUT2D eigenvalue weighted by molar-refractivity contribution is -0.129. The van der Waals surface area contributed by atoms with E-state index in [1.807, 2.05) is 30.3 Å². The lowest BCUT2D eigenvalue weighted by atomic mass is 10.1. The number of hydrogen-bond acceptors (Lipinski definition) is 5. The zero-order valence-corrected chi connectivity index (χ0v) is 18.6. The summed E-state index contributed by atoms with van der Waals surface area (Å²) in [5, 5.41) is 2.70. The van der Waals surface area contributed by atoms with Crippen LogP contribution in [0.4, 0.5) is 13.6 Å². The maximum Gasteiger partial charge on any atom is 0.325 e. The van der Waals surface area contributed by atoms with Gasteiger partial charge in [-0.05, 0) is 30.5 Å². The quantitative estimate of drug-likeness (QED) is 0.613. The predicted molar refractivity (Wildman–Crippen MR) is 115 cm³/mol. The van der Waals surface area contributed by atoms with Crippen molar-refractivity contribution in [3.8, 4) is 0 Å². The summed E-state index contributed by atoms with van der Waals surface area (Å²) < 4.78 is 54.4. The van der Waals surface area contributed by atoms with Gasteiger partial charge in [0.25, 0.3) is 5.91 Å². The lowest BCUT2D eigenvalue weighted by Crippen LogP contribution is -2.52. The molecule has 176 valence electrons. The second-order valence-corrected chi connectivity index (χ2v) is 9.88. The van der Waals surface area contributed by atoms with Gasteiger partial charge in [0.2, 0.25) is 10.0 Å². The van der Waals surface area contributed by atoms with Crippen LogP contribution in [0.3, 0.4) is 0 Å². The number of rotatable bonds is 7. The van der Waals surface area contributed by atoms with Gasteiger partial charge in [0.1, 0.15) is 17.7 Å². The summed E-state index contributed by atoms with van der Waals surface area (Å²) in [6, 6.07) is 11.5. The molecule has 0 saturated carbocycles. The van der Waals surface area contributed by atoms with E-state index in [0.29, 0.717) is 12.8 Å². The van der Waals surface area contributed by atoms with E-state index < -0.39 is 38.6 Å². The Balaban J connectivity index is 1.33. The second-order valence-electron chi connectivity index (χ2n) is 8.01. The van der Waals surface area contributed by atoms with Crippen molar-refractivity contribution < 1.29 is 26.8 Å². The average Bonchev–Trinajstić information content (AvgIpc) is 3.06. The van der Waals surface area contributed by atoms with Crippen molar-refractivity contribution in [2.75, 3.05) is 32.8 Å². The molecule has 2 heterocycles. The fourth-order valence-corrected chi connectivity index (χ4v) is 5.56. The third kappa shape index (κ3) is 4.90. The molecule has 2 aliphatic heterocycles. The number of carbonyl (C=O) groups is 2. The van der Waals surface area contributed by atoms with Crippen LogP contribution in [0.25, 0.3) is 0 Å². The number of amides is 3. The number of carbonyl (C=O) groups excluding carboxylic acids is 2. The third-order valence-corrected chi connectivity index (χ3v) is 7.81. The van der Waals surface area contributed by atoms with Gasteiger partial charge in [-0.2, -0.15) is 4.31 Å². The van der Waals surface area contributed by atoms with E-state index >= 15 is 0 Å². The Morgan fingerprint density at radius 1 is 0.909 bits per heavy atom. The van der Waals surface area contributed by atoms with Gasteiger partial charge in [-0.25, -0.2) is 26.9 Å². The van der Waals surface area contributed by atoms with E-state index in [9.17, 15) is 26.8 Å². The molecule has 3 amide bonds. The lowest BCUT2D eigenvalue weighted by Gasteiger charge is -2.35. The highest BCUT2D eigenvalue weighted by atomic mass is 32.2. The van der Waals surface area contributed by atoms with Crippen LogP contribution in [-0.2, 0) is 21.2 Å². The first-order valence-electron chi connectivity index (χ1n) is 10.6. The summed E-state index contributed by atoms with van der Waals surface area (Å²) >= 11 is 0. The van der Waals surface area contributed by atoms with Crippen LogP contribution in [0.2, 0.25) is 0 Å². The standard InChI is InChI=1S/C22H24F2N4O4S/c23-17-7-4-8-18(24)20(17)33(31,32)27-13-11-26(12-14-27)15-28-21(29)19(25-22(28)30)10-9-16-5-2-1-3-6-16/h1-8,19H,9-15H2,(H,25,30)/t19-/m1/s1. The number of hydrogen-bond donors (Lipinski definition) is 1. The van der Waals surface area contributed by atoms with Crippen LogP contribution in [-0.4, -0.2) is 73.4 Å². The van der Waals surface area contributed by atoms with Crippen molar-refractivity contribution in [2.24, 2.45) is 0 Å². The summed E-state index contributed by atoms with van der Waals surface area (Å²) in [6.07, 6.45) is 1.12. The minimum atomic E-state index is -4.34. The molecule has 33 heavy (non-hydrogen) atoms. The minimum absolute atomic E-state index is 0.0167. The van der Waals surface area contributed by atoms with Crippen molar-refractivity contribution in [2.45, 2.75) is 23.8 Å². The maximum atomic E-state index is 14.0. The highest BCUT2D eigenvalue weighted by Crippen LogP contribution is 2.24. The zero-order chi connectivity index (χ0) is 23.6. The molecule has 0 spiro atoms. The normalized spacial score (nSPS) is 20.3. The molecule has 2 aromatic rings. The van der Waals surface area contributed by atoms with Crippen LogP contribution >= 0.6 is 0 Å². The Morgan fingerprint density at radius 3 is 2.18 bits per heavy atom. The van der Waals surface area contributed by atoms with Gasteiger partial charge in [0.05, 0.1) is 6.67 Å². The minimum Gasteiger partial charge on any atom is -0.326 e. The van der Waals surface area contributed by atoms with Crippen LogP contribution < -0.4 is 5.32 Å². The van der Waals surface area contributed by atoms with Gasteiger partial charge >= 0.3 is 6.03 Å². The highest BCUT2D eigenvalue weighted by molar-refractivity contribution is 7.89. The monoisotopic (exact) mass is 478 g/mol. The zero-order valence-electron chi connectivity index (χ0n) is 17.8. The predicted octanol–water partition coefficient (Wildman–Crippen LogP) is 1.78. The first kappa shape index (κ1) is 23.3. The number of piperazine rings is 1. The Labute approximate surface area is 190 Å². The summed E-state index contributed by atoms with van der Waals surface area (Å²) in [7, 11) is -4.34. The fraction of sp³-hybridized carbons (Fsp3) is 0.364. The Morgan fingerprint density at radius 2 is 1.55 bits per heavy atom. The van der Waals surface area contributed by atoms with Crippen molar-refractivity contribution >= 4 is 22.0 Å². The second kappa shape index (κ2) is 9.54. The van der Waals surface area contributed by atoms with Gasteiger partial charge in [0.15, 0.2) is 4.90 Å². The molecule has 0 radical (unpaired) electrons. The van der Waals surface area contributed by atoms with Crippen LogP contribution in [0.1, 0.15) is 12.0 Å². The van der Waals surface area contributed by atoms with E-state index in [-0.39, 0.29) is 38.8 Å². The average molecular weight is 479 g/mol. The number of nitrogens with zero attached hydrogens (tertiary/aromatic N) is 3. The van der Waals surface area contributed by atoms with Crippen LogP contribution in [0.5, 0.6) is 0 Å². The number of benzene rings is 2. The molecule has 2 aliphatic rings. The topological polar surface area (TPSA) is 90.0 Å². The smallest absolute Gasteiger partial charge is 0.325 e. The SMILES string of the molecule is O=C1N[C@H](CCc2ccccc2)C(=O)N1CN1CCN(S(=O)(=O)c2c(F)cccc2F)CC1. The van der Waals surface area contributed by atoms with Crippen molar-refractivity contribution in [1.82, 2.24) is 19.4 Å². The molecule has 0 unspecified atom stereocenters. The molecular formula is C22H24F2N4O4S. The number of nitrogens with one attached hydrogen (secondary N) is 1. The van der Waals surface area contributed by atoms with E-state index in [2.05, 4.69) is 5.32 Å². The third-order valence-electron chi connectivity index (χ3n) is 5.86. The van der Waals surface area contributed by atoms with Gasteiger partial charge in [-0.1, -0.05) is 36.4 Å². The molecule has 4 rings (SSSR count). The number of halogens is 2. The van der Waals surface area contributed by atoms with E-state index in [0.717, 1.165) is 33.0 Å². The van der Waals surface area contributed by atoms with E-state index in [4.69, 9.17) is 0 Å². The van der Waals surface area contributed by atoms with E-state index in [1.165, 1.54) is 0 Å². The number of urea groups is 1. The first-order valence-corrected chi connectivity index (χ1v) is 12.0. The van der Waals surface area contributed by atoms with Gasteiger partial charge in [-0.3, -0.25) is 9.69 Å². The molecule has 0 aromatic heterocycles. The molecule has 0 bridgehead atoms. The molecule has 2 saturated heterocycles. The molecular weight excluding hydrogens is 454 g/mol. The molecule has 8 nitrogen and oxygen atoms in total. The maximum absolute atomic E-state index is 14.0. The Hall–Kier alpha value is -2.89. The molecule has 2 fully saturated rings. The summed E-state index contributed by atoms with van der Waals surface area (Å²) in [4.78, 5) is 27.0. The van der Waals surface area contributed by atoms with Crippen LogP contribution in [0.15, 0.2) is 53.4 Å².